The van der Waals surface area contributed by atoms with Gasteiger partial charge in [0, 0.05) is 31.1 Å². The van der Waals surface area contributed by atoms with Crippen LogP contribution >= 0.6 is 0 Å². The zero-order chi connectivity index (χ0) is 20.6. The summed E-state index contributed by atoms with van der Waals surface area (Å²) in [6.45, 7) is -0.0360. The molecule has 3 aromatic rings. The minimum Gasteiger partial charge on any atom is -0.497 e. The van der Waals surface area contributed by atoms with Gasteiger partial charge in [0.2, 0.25) is 11.8 Å². The van der Waals surface area contributed by atoms with Crippen LogP contribution in [-0.2, 0) is 16.0 Å². The Kier molecular flexibility index (Phi) is 6.63. The fourth-order valence-corrected chi connectivity index (χ4v) is 2.74. The maximum atomic E-state index is 12.3. The predicted octanol–water partition coefficient (Wildman–Crippen LogP) is 3.38. The smallest absolute Gasteiger partial charge is 0.243 e. The van der Waals surface area contributed by atoms with Gasteiger partial charge in [-0.25, -0.2) is 4.98 Å². The summed E-state index contributed by atoms with van der Waals surface area (Å²) in [7, 11) is 3.18. The van der Waals surface area contributed by atoms with E-state index in [1.165, 1.54) is 4.90 Å². The van der Waals surface area contributed by atoms with Crippen LogP contribution in [0.5, 0.6) is 5.75 Å². The summed E-state index contributed by atoms with van der Waals surface area (Å²) >= 11 is 0. The van der Waals surface area contributed by atoms with Crippen LogP contribution in [0.2, 0.25) is 0 Å². The number of nitrogens with one attached hydrogen (secondary N) is 1. The van der Waals surface area contributed by atoms with Gasteiger partial charge >= 0.3 is 0 Å². The van der Waals surface area contributed by atoms with Crippen molar-refractivity contribution in [1.29, 1.82) is 0 Å². The first-order valence-electron chi connectivity index (χ1n) is 9.23. The van der Waals surface area contributed by atoms with Gasteiger partial charge in [-0.2, -0.15) is 0 Å². The van der Waals surface area contributed by atoms with Crippen molar-refractivity contribution >= 4 is 17.5 Å². The molecule has 2 amide bonds. The highest BCUT2D eigenvalue weighted by Gasteiger charge is 2.15. The molecule has 0 aliphatic rings. The molecule has 29 heavy (non-hydrogen) atoms. The standard InChI is InChI=1S/C22H23N3O4/c1-25(15-20(26)24-17-8-10-18(28-2)11-9-17)22(27)13-12-21-23-14-19(29-21)16-6-4-3-5-7-16/h3-11,14H,12-13,15H2,1-2H3,(H,24,26). The first-order valence-corrected chi connectivity index (χ1v) is 9.23. The number of oxazole rings is 1. The van der Waals surface area contributed by atoms with Gasteiger partial charge in [-0.3, -0.25) is 9.59 Å². The molecule has 0 aliphatic heterocycles. The Morgan fingerprint density at radius 1 is 1.10 bits per heavy atom. The summed E-state index contributed by atoms with van der Waals surface area (Å²) in [6, 6.07) is 16.6. The fraction of sp³-hybridized carbons (Fsp3) is 0.227. The molecule has 0 atom stereocenters. The number of methoxy groups -OCH3 is 1. The Morgan fingerprint density at radius 2 is 1.83 bits per heavy atom. The normalized spacial score (nSPS) is 10.4. The van der Waals surface area contributed by atoms with Crippen molar-refractivity contribution in [2.45, 2.75) is 12.8 Å². The lowest BCUT2D eigenvalue weighted by Crippen LogP contribution is -2.35. The lowest BCUT2D eigenvalue weighted by molar-refractivity contribution is -0.133. The summed E-state index contributed by atoms with van der Waals surface area (Å²) in [4.78, 5) is 30.1. The minimum atomic E-state index is -0.270. The van der Waals surface area contributed by atoms with Crippen LogP contribution in [0.15, 0.2) is 65.2 Å². The van der Waals surface area contributed by atoms with Crippen molar-refractivity contribution in [2.24, 2.45) is 0 Å². The first kappa shape index (κ1) is 20.1. The summed E-state index contributed by atoms with van der Waals surface area (Å²) in [5.41, 5.74) is 1.58. The Balaban J connectivity index is 1.46. The van der Waals surface area contributed by atoms with E-state index in [0.717, 1.165) is 5.56 Å². The number of carbonyl (C=O) groups excluding carboxylic acids is 2. The maximum Gasteiger partial charge on any atom is 0.243 e. The summed E-state index contributed by atoms with van der Waals surface area (Å²) < 4.78 is 10.8. The van der Waals surface area contributed by atoms with E-state index in [4.69, 9.17) is 9.15 Å². The van der Waals surface area contributed by atoms with Gasteiger partial charge < -0.3 is 19.4 Å². The van der Waals surface area contributed by atoms with Crippen molar-refractivity contribution in [1.82, 2.24) is 9.88 Å². The van der Waals surface area contributed by atoms with Gasteiger partial charge in [-0.15, -0.1) is 0 Å². The lowest BCUT2D eigenvalue weighted by atomic mass is 10.2. The van der Waals surface area contributed by atoms with Crippen molar-refractivity contribution in [3.05, 3.63) is 66.7 Å². The second kappa shape index (κ2) is 9.54. The highest BCUT2D eigenvalue weighted by atomic mass is 16.5. The molecule has 1 heterocycles. The average molecular weight is 393 g/mol. The van der Waals surface area contributed by atoms with E-state index in [9.17, 15) is 9.59 Å². The van der Waals surface area contributed by atoms with E-state index in [-0.39, 0.29) is 24.8 Å². The summed E-state index contributed by atoms with van der Waals surface area (Å²) in [5, 5.41) is 2.76. The van der Waals surface area contributed by atoms with Crippen LogP contribution in [0.3, 0.4) is 0 Å². The predicted molar refractivity (Wildman–Crippen MR) is 110 cm³/mol. The monoisotopic (exact) mass is 393 g/mol. The van der Waals surface area contributed by atoms with Crippen molar-refractivity contribution < 1.29 is 18.7 Å². The second-order valence-electron chi connectivity index (χ2n) is 6.51. The van der Waals surface area contributed by atoms with E-state index >= 15 is 0 Å². The maximum absolute atomic E-state index is 12.3. The van der Waals surface area contributed by atoms with Crippen LogP contribution in [0.25, 0.3) is 11.3 Å². The highest BCUT2D eigenvalue weighted by Crippen LogP contribution is 2.20. The highest BCUT2D eigenvalue weighted by molar-refractivity contribution is 5.94. The van der Waals surface area contributed by atoms with Crippen LogP contribution < -0.4 is 10.1 Å². The molecule has 3 rings (SSSR count). The molecule has 0 saturated carbocycles. The molecule has 150 valence electrons. The molecular formula is C22H23N3O4. The molecule has 0 unspecified atom stereocenters. The molecule has 0 saturated heterocycles. The van der Waals surface area contributed by atoms with Gasteiger partial charge in [-0.1, -0.05) is 30.3 Å². The molecule has 0 aliphatic carbocycles. The fourth-order valence-electron chi connectivity index (χ4n) is 2.74. The van der Waals surface area contributed by atoms with Crippen molar-refractivity contribution in [3.8, 4) is 17.1 Å². The van der Waals surface area contributed by atoms with Crippen molar-refractivity contribution in [3.63, 3.8) is 0 Å². The number of likely N-dealkylation sites (N-methyl/N-ethyl adjacent to an activating group) is 1. The first-order chi connectivity index (χ1) is 14.0. The summed E-state index contributed by atoms with van der Waals surface area (Å²) in [6.07, 6.45) is 2.23. The molecule has 1 N–H and O–H groups in total. The SMILES string of the molecule is COc1ccc(NC(=O)CN(C)C(=O)CCc2ncc(-c3ccccc3)o2)cc1. The van der Waals surface area contributed by atoms with E-state index in [1.807, 2.05) is 30.3 Å². The number of amides is 2. The number of rotatable bonds is 8. The number of hydrogen-bond acceptors (Lipinski definition) is 5. The number of nitrogens with zero attached hydrogens (tertiary/aromatic N) is 2. The molecule has 2 aromatic carbocycles. The van der Waals surface area contributed by atoms with Gasteiger partial charge in [0.05, 0.1) is 19.9 Å². The Hall–Kier alpha value is -3.61. The number of hydrogen-bond donors (Lipinski definition) is 1. The van der Waals surface area contributed by atoms with Crippen LogP contribution in [0.4, 0.5) is 5.69 Å². The van der Waals surface area contributed by atoms with E-state index < -0.39 is 0 Å². The number of carbonyl (C=O) groups is 2. The van der Waals surface area contributed by atoms with Gasteiger partial charge in [0.15, 0.2) is 11.7 Å². The number of ether oxygens (including phenoxy) is 1. The molecule has 0 fully saturated rings. The van der Waals surface area contributed by atoms with Crippen LogP contribution in [-0.4, -0.2) is 42.4 Å². The van der Waals surface area contributed by atoms with Crippen LogP contribution in [0, 0.1) is 0 Å². The molecular weight excluding hydrogens is 370 g/mol. The number of anilines is 1. The van der Waals surface area contributed by atoms with Crippen LogP contribution in [0.1, 0.15) is 12.3 Å². The van der Waals surface area contributed by atoms with E-state index in [2.05, 4.69) is 10.3 Å². The summed E-state index contributed by atoms with van der Waals surface area (Å²) in [5.74, 6) is 1.44. The Morgan fingerprint density at radius 3 is 2.52 bits per heavy atom. The molecule has 0 spiro atoms. The van der Waals surface area contributed by atoms with E-state index in [0.29, 0.717) is 29.5 Å². The van der Waals surface area contributed by atoms with Gasteiger partial charge in [0.25, 0.3) is 0 Å². The Bertz CT molecular complexity index is 952. The number of aromatic nitrogens is 1. The van der Waals surface area contributed by atoms with Crippen molar-refractivity contribution in [2.75, 3.05) is 26.0 Å². The molecule has 7 nitrogen and oxygen atoms in total. The number of aryl methyl sites for hydroxylation is 1. The second-order valence-corrected chi connectivity index (χ2v) is 6.51. The molecule has 0 radical (unpaired) electrons. The average Bonchev–Trinajstić information content (AvgIpc) is 3.22. The Labute approximate surface area is 169 Å². The van der Waals surface area contributed by atoms with Gasteiger partial charge in [-0.05, 0) is 24.3 Å². The minimum absolute atomic E-state index is 0.0360. The topological polar surface area (TPSA) is 84.7 Å². The lowest BCUT2D eigenvalue weighted by Gasteiger charge is -2.16. The largest absolute Gasteiger partial charge is 0.497 e. The molecule has 1 aromatic heterocycles. The third kappa shape index (κ3) is 5.68. The molecule has 0 bridgehead atoms. The van der Waals surface area contributed by atoms with E-state index in [1.54, 1.807) is 44.6 Å². The third-order valence-electron chi connectivity index (χ3n) is 4.34. The zero-order valence-electron chi connectivity index (χ0n) is 16.4. The molecule has 7 heteroatoms. The van der Waals surface area contributed by atoms with Gasteiger partial charge in [0.1, 0.15) is 5.75 Å². The number of benzene rings is 2. The quantitative estimate of drug-likeness (QED) is 0.634. The zero-order valence-corrected chi connectivity index (χ0v) is 16.4. The third-order valence-corrected chi connectivity index (χ3v) is 4.34.